The molecule has 0 spiro atoms. The van der Waals surface area contributed by atoms with Crippen molar-refractivity contribution in [3.05, 3.63) is 57.3 Å². The van der Waals surface area contributed by atoms with Crippen LogP contribution in [0.3, 0.4) is 0 Å². The topological polar surface area (TPSA) is 130 Å². The number of carboxylic acids is 1. The standard InChI is InChI=1S/C21H22ClFN4O3S.C2HF3O2/c1-3-10-31(29,30)26-17-7-6-14(23)20(19(17)22)25-15-8-9-16-18(12(15)2)21(28)27(11-24-16)13-4-5-13;3-2(4,5)1(6)7/h6-9,11,13,25-26H,3-5,10H2,1-2H3;(H,6,7). The number of nitrogens with one attached hydrogen (secondary N) is 2. The van der Waals surface area contributed by atoms with Crippen molar-refractivity contribution in [1.82, 2.24) is 9.55 Å². The molecule has 3 aromatic rings. The highest BCUT2D eigenvalue weighted by atomic mass is 35.5. The molecule has 0 bridgehead atoms. The number of aromatic nitrogens is 2. The number of anilines is 3. The average Bonchev–Trinajstić information content (AvgIpc) is 3.65. The summed E-state index contributed by atoms with van der Waals surface area (Å²) >= 11 is 6.34. The summed E-state index contributed by atoms with van der Waals surface area (Å²) in [5.74, 6) is -3.48. The zero-order valence-corrected chi connectivity index (χ0v) is 21.6. The van der Waals surface area contributed by atoms with Gasteiger partial charge in [0.2, 0.25) is 10.0 Å². The van der Waals surface area contributed by atoms with E-state index in [1.807, 2.05) is 0 Å². The molecule has 1 heterocycles. The second-order valence-corrected chi connectivity index (χ2v) is 10.7. The molecule has 38 heavy (non-hydrogen) atoms. The molecule has 0 unspecified atom stereocenters. The van der Waals surface area contributed by atoms with Crippen LogP contribution in [0.1, 0.15) is 37.8 Å². The number of hydrogen-bond donors (Lipinski definition) is 3. The number of benzene rings is 2. The summed E-state index contributed by atoms with van der Waals surface area (Å²) in [7, 11) is -3.60. The maximum Gasteiger partial charge on any atom is 0.490 e. The Kier molecular flexibility index (Phi) is 8.56. The number of fused-ring (bicyclic) bond motifs is 1. The highest BCUT2D eigenvalue weighted by molar-refractivity contribution is 7.92. The van der Waals surface area contributed by atoms with Crippen molar-refractivity contribution in [2.24, 2.45) is 0 Å². The van der Waals surface area contributed by atoms with E-state index in [0.717, 1.165) is 18.9 Å². The number of sulfonamides is 1. The summed E-state index contributed by atoms with van der Waals surface area (Å²) in [6.45, 7) is 3.50. The summed E-state index contributed by atoms with van der Waals surface area (Å²) < 4.78 is 74.6. The number of carboxylic acid groups (broad SMARTS) is 1. The third kappa shape index (κ3) is 6.72. The van der Waals surface area contributed by atoms with Gasteiger partial charge in [-0.05, 0) is 56.0 Å². The molecule has 206 valence electrons. The zero-order valence-electron chi connectivity index (χ0n) is 20.1. The lowest BCUT2D eigenvalue weighted by atomic mass is 10.1. The van der Waals surface area contributed by atoms with Gasteiger partial charge in [-0.1, -0.05) is 18.5 Å². The van der Waals surface area contributed by atoms with Gasteiger partial charge in [-0.2, -0.15) is 13.2 Å². The van der Waals surface area contributed by atoms with Crippen LogP contribution in [0, 0.1) is 12.7 Å². The molecule has 4 rings (SSSR count). The Morgan fingerprint density at radius 2 is 1.82 bits per heavy atom. The molecule has 2 aromatic carbocycles. The number of halogens is 5. The average molecular weight is 579 g/mol. The second kappa shape index (κ2) is 11.2. The first-order valence-electron chi connectivity index (χ1n) is 11.2. The molecular formula is C23H23ClF4N4O5S. The Bertz CT molecular complexity index is 1540. The van der Waals surface area contributed by atoms with Crippen LogP contribution in [0.4, 0.5) is 34.6 Å². The van der Waals surface area contributed by atoms with Gasteiger partial charge in [0.15, 0.2) is 0 Å². The van der Waals surface area contributed by atoms with Gasteiger partial charge in [-0.25, -0.2) is 22.6 Å². The van der Waals surface area contributed by atoms with Crippen LogP contribution in [0.15, 0.2) is 35.4 Å². The number of aryl methyl sites for hydroxylation is 1. The fourth-order valence-electron chi connectivity index (χ4n) is 3.50. The van der Waals surface area contributed by atoms with E-state index in [9.17, 15) is 30.8 Å². The summed E-state index contributed by atoms with van der Waals surface area (Å²) in [6.07, 6.45) is -1.18. The van der Waals surface area contributed by atoms with E-state index in [4.69, 9.17) is 21.5 Å². The Morgan fingerprint density at radius 3 is 2.37 bits per heavy atom. The third-order valence-electron chi connectivity index (χ3n) is 5.48. The van der Waals surface area contributed by atoms with Crippen molar-refractivity contribution in [2.45, 2.75) is 45.3 Å². The van der Waals surface area contributed by atoms with E-state index < -0.39 is 28.0 Å². The zero-order chi connectivity index (χ0) is 28.4. The Balaban J connectivity index is 0.000000505. The Morgan fingerprint density at radius 1 is 1.21 bits per heavy atom. The van der Waals surface area contributed by atoms with Gasteiger partial charge in [0, 0.05) is 11.7 Å². The molecule has 0 saturated heterocycles. The molecule has 1 aromatic heterocycles. The normalized spacial score (nSPS) is 13.6. The van der Waals surface area contributed by atoms with Crippen molar-refractivity contribution in [3.63, 3.8) is 0 Å². The lowest BCUT2D eigenvalue weighted by molar-refractivity contribution is -0.192. The van der Waals surface area contributed by atoms with E-state index in [1.54, 1.807) is 36.9 Å². The monoisotopic (exact) mass is 578 g/mol. The lowest BCUT2D eigenvalue weighted by Gasteiger charge is -2.16. The number of carbonyl (C=O) groups is 1. The molecule has 1 aliphatic carbocycles. The molecule has 1 saturated carbocycles. The number of aliphatic carboxylic acids is 1. The minimum Gasteiger partial charge on any atom is -0.475 e. The summed E-state index contributed by atoms with van der Waals surface area (Å²) in [6, 6.07) is 5.97. The summed E-state index contributed by atoms with van der Waals surface area (Å²) in [5, 5.41) is 10.4. The molecule has 0 radical (unpaired) electrons. The predicted molar refractivity (Wildman–Crippen MR) is 135 cm³/mol. The van der Waals surface area contributed by atoms with E-state index in [0.29, 0.717) is 28.6 Å². The Labute approximate surface area is 219 Å². The highest BCUT2D eigenvalue weighted by Crippen LogP contribution is 2.37. The molecule has 3 N–H and O–H groups in total. The highest BCUT2D eigenvalue weighted by Gasteiger charge is 2.38. The van der Waals surface area contributed by atoms with Gasteiger partial charge in [0.25, 0.3) is 5.56 Å². The van der Waals surface area contributed by atoms with Crippen molar-refractivity contribution in [3.8, 4) is 0 Å². The number of rotatable bonds is 7. The van der Waals surface area contributed by atoms with Crippen LogP contribution >= 0.6 is 11.6 Å². The summed E-state index contributed by atoms with van der Waals surface area (Å²) in [4.78, 5) is 26.2. The minimum atomic E-state index is -5.08. The Hall–Kier alpha value is -3.39. The van der Waals surface area contributed by atoms with Gasteiger partial charge in [-0.3, -0.25) is 14.1 Å². The fourth-order valence-corrected chi connectivity index (χ4v) is 4.95. The number of alkyl halides is 3. The number of hydrogen-bond acceptors (Lipinski definition) is 6. The van der Waals surface area contributed by atoms with Gasteiger partial charge >= 0.3 is 12.1 Å². The molecule has 9 nitrogen and oxygen atoms in total. The quantitative estimate of drug-likeness (QED) is 0.322. The van der Waals surface area contributed by atoms with Crippen molar-refractivity contribution >= 4 is 55.6 Å². The first-order valence-corrected chi connectivity index (χ1v) is 13.2. The van der Waals surface area contributed by atoms with Crippen LogP contribution in [0.2, 0.25) is 5.02 Å². The van der Waals surface area contributed by atoms with Crippen LogP contribution in [-0.2, 0) is 14.8 Å². The lowest BCUT2D eigenvalue weighted by Crippen LogP contribution is -2.21. The van der Waals surface area contributed by atoms with Gasteiger partial charge in [0.05, 0.1) is 39.4 Å². The van der Waals surface area contributed by atoms with Crippen molar-refractivity contribution < 1.29 is 35.9 Å². The summed E-state index contributed by atoms with van der Waals surface area (Å²) in [5.41, 5.74) is 1.51. The largest absolute Gasteiger partial charge is 0.490 e. The van der Waals surface area contributed by atoms with Gasteiger partial charge < -0.3 is 10.4 Å². The smallest absolute Gasteiger partial charge is 0.475 e. The molecular weight excluding hydrogens is 556 g/mol. The molecule has 0 atom stereocenters. The fraction of sp³-hybridized carbons (Fsp3) is 0.348. The first-order chi connectivity index (χ1) is 17.7. The maximum absolute atomic E-state index is 14.6. The SMILES string of the molecule is CCCS(=O)(=O)Nc1ccc(F)c(Nc2ccc3ncn(C4CC4)c(=O)c3c2C)c1Cl.O=C(O)C(F)(F)F. The van der Waals surface area contributed by atoms with Crippen LogP contribution in [0.5, 0.6) is 0 Å². The van der Waals surface area contributed by atoms with E-state index >= 15 is 0 Å². The second-order valence-electron chi connectivity index (χ2n) is 8.45. The predicted octanol–water partition coefficient (Wildman–Crippen LogP) is 5.36. The van der Waals surface area contributed by atoms with Crippen molar-refractivity contribution in [1.29, 1.82) is 0 Å². The van der Waals surface area contributed by atoms with Gasteiger partial charge in [-0.15, -0.1) is 0 Å². The van der Waals surface area contributed by atoms with Crippen LogP contribution in [-0.4, -0.2) is 41.0 Å². The van der Waals surface area contributed by atoms with E-state index in [2.05, 4.69) is 15.0 Å². The molecule has 0 amide bonds. The molecule has 15 heteroatoms. The van der Waals surface area contributed by atoms with Crippen LogP contribution < -0.4 is 15.6 Å². The maximum atomic E-state index is 14.6. The molecule has 1 fully saturated rings. The number of nitrogens with zero attached hydrogens (tertiary/aromatic N) is 2. The third-order valence-corrected chi connectivity index (χ3v) is 7.35. The minimum absolute atomic E-state index is 0.0759. The molecule has 1 aliphatic rings. The van der Waals surface area contributed by atoms with E-state index in [-0.39, 0.29) is 33.8 Å². The molecule has 0 aliphatic heterocycles. The van der Waals surface area contributed by atoms with Crippen molar-refractivity contribution in [2.75, 3.05) is 15.8 Å². The van der Waals surface area contributed by atoms with Gasteiger partial charge in [0.1, 0.15) is 5.82 Å². The first kappa shape index (κ1) is 29.2. The van der Waals surface area contributed by atoms with Crippen LogP contribution in [0.25, 0.3) is 10.9 Å². The van der Waals surface area contributed by atoms with E-state index in [1.165, 1.54) is 6.07 Å².